The molecule has 2 heterocycles. The van der Waals surface area contributed by atoms with Crippen LogP contribution < -0.4 is 5.32 Å². The van der Waals surface area contributed by atoms with Crippen molar-refractivity contribution in [3.63, 3.8) is 0 Å². The second kappa shape index (κ2) is 8.02. The third-order valence-electron chi connectivity index (χ3n) is 5.40. The standard InChI is InChI=1S/C22H26N2O2/c25-22(23-14-20-12-7-13-26-20)19-15-24(16-19)21(17-8-3-1-4-9-17)18-10-5-2-6-11-18/h1-6,8-11,19-21H,7,12-16H2,(H,23,25)/t20-/m0/s1. The van der Waals surface area contributed by atoms with Gasteiger partial charge in [-0.05, 0) is 24.0 Å². The van der Waals surface area contributed by atoms with E-state index in [1.165, 1.54) is 11.1 Å². The number of rotatable bonds is 6. The number of nitrogens with zero attached hydrogens (tertiary/aromatic N) is 1. The minimum Gasteiger partial charge on any atom is -0.376 e. The Hall–Kier alpha value is -2.17. The Morgan fingerprint density at radius 3 is 2.19 bits per heavy atom. The number of benzene rings is 2. The van der Waals surface area contributed by atoms with Gasteiger partial charge in [0.15, 0.2) is 0 Å². The SMILES string of the molecule is O=C(NC[C@@H]1CCCO1)C1CN(C(c2ccccc2)c2ccccc2)C1. The Kier molecular flexibility index (Phi) is 5.32. The fraction of sp³-hybridized carbons (Fsp3) is 0.409. The number of amides is 1. The van der Waals surface area contributed by atoms with Gasteiger partial charge in [-0.25, -0.2) is 0 Å². The molecule has 0 bridgehead atoms. The molecular weight excluding hydrogens is 324 g/mol. The number of carbonyl (C=O) groups excluding carboxylic acids is 1. The monoisotopic (exact) mass is 350 g/mol. The molecule has 2 saturated heterocycles. The summed E-state index contributed by atoms with van der Waals surface area (Å²) in [6.45, 7) is 3.07. The molecule has 136 valence electrons. The van der Waals surface area contributed by atoms with E-state index in [0.717, 1.165) is 32.5 Å². The van der Waals surface area contributed by atoms with Gasteiger partial charge in [0, 0.05) is 26.2 Å². The third kappa shape index (κ3) is 3.81. The lowest BCUT2D eigenvalue weighted by molar-refractivity contribution is -0.131. The van der Waals surface area contributed by atoms with E-state index in [9.17, 15) is 4.79 Å². The highest BCUT2D eigenvalue weighted by Crippen LogP contribution is 2.34. The van der Waals surface area contributed by atoms with Crippen LogP contribution in [0.3, 0.4) is 0 Å². The first kappa shape index (κ1) is 17.3. The summed E-state index contributed by atoms with van der Waals surface area (Å²) in [4.78, 5) is 14.8. The van der Waals surface area contributed by atoms with Crippen molar-refractivity contribution in [2.45, 2.75) is 25.0 Å². The van der Waals surface area contributed by atoms with Crippen LogP contribution in [0, 0.1) is 5.92 Å². The summed E-state index contributed by atoms with van der Waals surface area (Å²) in [6.07, 6.45) is 2.37. The van der Waals surface area contributed by atoms with E-state index < -0.39 is 0 Å². The molecule has 0 radical (unpaired) electrons. The number of nitrogens with one attached hydrogen (secondary N) is 1. The lowest BCUT2D eigenvalue weighted by Gasteiger charge is -2.44. The molecule has 1 N–H and O–H groups in total. The van der Waals surface area contributed by atoms with Crippen molar-refractivity contribution >= 4 is 5.91 Å². The first-order valence-electron chi connectivity index (χ1n) is 9.54. The molecule has 0 unspecified atom stereocenters. The highest BCUT2D eigenvalue weighted by molar-refractivity contribution is 5.80. The zero-order valence-corrected chi connectivity index (χ0v) is 15.0. The molecule has 2 aliphatic heterocycles. The predicted molar refractivity (Wildman–Crippen MR) is 102 cm³/mol. The summed E-state index contributed by atoms with van der Waals surface area (Å²) in [7, 11) is 0. The number of ether oxygens (including phenoxy) is 1. The number of likely N-dealkylation sites (tertiary alicyclic amines) is 1. The summed E-state index contributed by atoms with van der Waals surface area (Å²) in [5.41, 5.74) is 2.55. The Morgan fingerprint density at radius 1 is 1.04 bits per heavy atom. The van der Waals surface area contributed by atoms with Gasteiger partial charge in [-0.1, -0.05) is 60.7 Å². The summed E-state index contributed by atoms with van der Waals surface area (Å²) in [5.74, 6) is 0.239. The number of carbonyl (C=O) groups is 1. The second-order valence-electron chi connectivity index (χ2n) is 7.25. The van der Waals surface area contributed by atoms with Gasteiger partial charge in [0.2, 0.25) is 5.91 Å². The van der Waals surface area contributed by atoms with Crippen LogP contribution in [-0.2, 0) is 9.53 Å². The minimum absolute atomic E-state index is 0.0753. The van der Waals surface area contributed by atoms with E-state index in [0.29, 0.717) is 6.54 Å². The summed E-state index contributed by atoms with van der Waals surface area (Å²) < 4.78 is 5.58. The Morgan fingerprint density at radius 2 is 1.65 bits per heavy atom. The van der Waals surface area contributed by atoms with Crippen molar-refractivity contribution in [2.75, 3.05) is 26.2 Å². The lowest BCUT2D eigenvalue weighted by atomic mass is 9.90. The molecule has 4 rings (SSSR count). The number of hydrogen-bond acceptors (Lipinski definition) is 3. The first-order valence-corrected chi connectivity index (χ1v) is 9.54. The van der Waals surface area contributed by atoms with Gasteiger partial charge in [-0.3, -0.25) is 9.69 Å². The van der Waals surface area contributed by atoms with Gasteiger partial charge in [0.1, 0.15) is 0 Å². The summed E-state index contributed by atoms with van der Waals surface area (Å²) in [6, 6.07) is 21.3. The summed E-state index contributed by atoms with van der Waals surface area (Å²) in [5, 5.41) is 3.07. The average Bonchev–Trinajstić information content (AvgIpc) is 3.17. The topological polar surface area (TPSA) is 41.6 Å². The van der Waals surface area contributed by atoms with Crippen molar-refractivity contribution in [3.05, 3.63) is 71.8 Å². The Balaban J connectivity index is 1.38. The summed E-state index contributed by atoms with van der Waals surface area (Å²) >= 11 is 0. The molecule has 2 aliphatic rings. The molecule has 0 spiro atoms. The van der Waals surface area contributed by atoms with Crippen molar-refractivity contribution < 1.29 is 9.53 Å². The van der Waals surface area contributed by atoms with Crippen molar-refractivity contribution in [1.82, 2.24) is 10.2 Å². The van der Waals surface area contributed by atoms with Gasteiger partial charge in [0.25, 0.3) is 0 Å². The maximum Gasteiger partial charge on any atom is 0.225 e. The zero-order chi connectivity index (χ0) is 17.8. The van der Waals surface area contributed by atoms with Crippen LogP contribution in [0.2, 0.25) is 0 Å². The zero-order valence-electron chi connectivity index (χ0n) is 15.0. The van der Waals surface area contributed by atoms with Crippen molar-refractivity contribution in [1.29, 1.82) is 0 Å². The maximum atomic E-state index is 12.4. The van der Waals surface area contributed by atoms with Gasteiger partial charge in [-0.2, -0.15) is 0 Å². The molecule has 0 saturated carbocycles. The van der Waals surface area contributed by atoms with E-state index in [1.807, 2.05) is 12.1 Å². The molecule has 4 nitrogen and oxygen atoms in total. The van der Waals surface area contributed by atoms with Crippen LogP contribution in [0.5, 0.6) is 0 Å². The minimum atomic E-state index is 0.0753. The van der Waals surface area contributed by atoms with Crippen LogP contribution in [0.25, 0.3) is 0 Å². The second-order valence-corrected chi connectivity index (χ2v) is 7.25. The Bertz CT molecular complexity index is 668. The molecule has 1 amide bonds. The van der Waals surface area contributed by atoms with E-state index in [1.54, 1.807) is 0 Å². The highest BCUT2D eigenvalue weighted by atomic mass is 16.5. The van der Waals surface area contributed by atoms with Gasteiger partial charge < -0.3 is 10.1 Å². The van der Waals surface area contributed by atoms with Crippen LogP contribution in [0.15, 0.2) is 60.7 Å². The largest absolute Gasteiger partial charge is 0.376 e. The number of hydrogen-bond donors (Lipinski definition) is 1. The molecule has 2 fully saturated rings. The predicted octanol–water partition coefficient (Wildman–Crippen LogP) is 3.00. The van der Waals surface area contributed by atoms with E-state index in [2.05, 4.69) is 58.7 Å². The fourth-order valence-electron chi connectivity index (χ4n) is 3.94. The van der Waals surface area contributed by atoms with Crippen molar-refractivity contribution in [3.8, 4) is 0 Å². The first-order chi connectivity index (χ1) is 12.8. The van der Waals surface area contributed by atoms with Gasteiger partial charge >= 0.3 is 0 Å². The molecule has 4 heteroatoms. The lowest BCUT2D eigenvalue weighted by Crippen LogP contribution is -2.55. The maximum absolute atomic E-state index is 12.4. The smallest absolute Gasteiger partial charge is 0.225 e. The van der Waals surface area contributed by atoms with Crippen LogP contribution in [-0.4, -0.2) is 43.2 Å². The highest BCUT2D eigenvalue weighted by Gasteiger charge is 2.38. The molecule has 26 heavy (non-hydrogen) atoms. The molecular formula is C22H26N2O2. The van der Waals surface area contributed by atoms with E-state index >= 15 is 0 Å². The normalized spacial score (nSPS) is 20.9. The molecule has 0 aliphatic carbocycles. The average molecular weight is 350 g/mol. The fourth-order valence-corrected chi connectivity index (χ4v) is 3.94. The van der Waals surface area contributed by atoms with E-state index in [-0.39, 0.29) is 24.0 Å². The quantitative estimate of drug-likeness (QED) is 0.871. The van der Waals surface area contributed by atoms with Crippen LogP contribution >= 0.6 is 0 Å². The van der Waals surface area contributed by atoms with Crippen LogP contribution in [0.1, 0.15) is 30.0 Å². The van der Waals surface area contributed by atoms with E-state index in [4.69, 9.17) is 4.74 Å². The van der Waals surface area contributed by atoms with Crippen molar-refractivity contribution in [2.24, 2.45) is 5.92 Å². The van der Waals surface area contributed by atoms with Crippen LogP contribution in [0.4, 0.5) is 0 Å². The third-order valence-corrected chi connectivity index (χ3v) is 5.40. The Labute approximate surface area is 155 Å². The van der Waals surface area contributed by atoms with Gasteiger partial charge in [-0.15, -0.1) is 0 Å². The molecule has 1 atom stereocenters. The molecule has 2 aromatic carbocycles. The molecule has 0 aromatic heterocycles. The molecule has 2 aromatic rings. The van der Waals surface area contributed by atoms with Gasteiger partial charge in [0.05, 0.1) is 18.1 Å².